The van der Waals surface area contributed by atoms with E-state index in [0.717, 1.165) is 16.8 Å². The number of carbonyl (C=O) groups is 1. The van der Waals surface area contributed by atoms with Gasteiger partial charge in [0.25, 0.3) is 0 Å². The fourth-order valence-corrected chi connectivity index (χ4v) is 4.15. The lowest BCUT2D eigenvalue weighted by Crippen LogP contribution is -2.28. The Kier molecular flexibility index (Phi) is 9.44. The van der Waals surface area contributed by atoms with Crippen molar-refractivity contribution in [2.24, 2.45) is 5.16 Å². The number of aromatic nitrogens is 2. The van der Waals surface area contributed by atoms with Crippen molar-refractivity contribution in [3.8, 4) is 11.3 Å². The van der Waals surface area contributed by atoms with E-state index in [4.69, 9.17) is 4.84 Å². The van der Waals surface area contributed by atoms with Crippen LogP contribution < -0.4 is 0 Å². The third kappa shape index (κ3) is 9.62. The number of benzene rings is 1. The fourth-order valence-electron chi connectivity index (χ4n) is 3.51. The molecule has 0 spiro atoms. The normalized spacial score (nSPS) is 12.6. The maximum atomic E-state index is 12.4. The molecule has 0 radical (unpaired) electrons. The molecular formula is C25H29F3N4O4S. The van der Waals surface area contributed by atoms with Crippen molar-refractivity contribution >= 4 is 27.5 Å². The van der Waals surface area contributed by atoms with Crippen molar-refractivity contribution in [1.29, 1.82) is 0 Å². The first-order valence-electron chi connectivity index (χ1n) is 11.6. The Morgan fingerprint density at radius 2 is 2.00 bits per heavy atom. The summed E-state index contributed by atoms with van der Waals surface area (Å²) in [6.07, 6.45) is 0.208. The summed E-state index contributed by atoms with van der Waals surface area (Å²) in [5.74, 6) is -0.372. The van der Waals surface area contributed by atoms with Crippen LogP contribution in [-0.2, 0) is 25.9 Å². The van der Waals surface area contributed by atoms with E-state index in [-0.39, 0.29) is 12.2 Å². The first-order chi connectivity index (χ1) is 17.4. The number of sulfone groups is 1. The molecule has 0 atom stereocenters. The van der Waals surface area contributed by atoms with E-state index in [1.807, 2.05) is 40.7 Å². The first kappa shape index (κ1) is 28.3. The van der Waals surface area contributed by atoms with Gasteiger partial charge in [0.05, 0.1) is 30.3 Å². The van der Waals surface area contributed by atoms with Gasteiger partial charge in [-0.3, -0.25) is 9.20 Å². The highest BCUT2D eigenvalue weighted by atomic mass is 32.2. The fraction of sp³-hybridized carbons (Fsp3) is 0.400. The van der Waals surface area contributed by atoms with E-state index in [0.29, 0.717) is 30.9 Å². The number of oxime groups is 1. The SMILES string of the molecule is CN(CCO/N=C\c1ccn2c(-c3cccc(CC(=O)CCC(F)(F)F)c3)cnc2c1)CCS(C)(=O)=O. The lowest BCUT2D eigenvalue weighted by molar-refractivity contribution is -0.143. The molecule has 2 aromatic heterocycles. The molecular weight excluding hydrogens is 509 g/mol. The Morgan fingerprint density at radius 1 is 1.22 bits per heavy atom. The Balaban J connectivity index is 1.58. The van der Waals surface area contributed by atoms with Crippen LogP contribution in [0.1, 0.15) is 24.0 Å². The van der Waals surface area contributed by atoms with E-state index in [9.17, 15) is 26.4 Å². The molecule has 8 nitrogen and oxygen atoms in total. The van der Waals surface area contributed by atoms with Crippen molar-refractivity contribution < 1.29 is 31.2 Å². The van der Waals surface area contributed by atoms with E-state index >= 15 is 0 Å². The van der Waals surface area contributed by atoms with Crippen LogP contribution in [0, 0.1) is 0 Å². The lowest BCUT2D eigenvalue weighted by Gasteiger charge is -2.14. The molecule has 37 heavy (non-hydrogen) atoms. The average molecular weight is 539 g/mol. The molecule has 200 valence electrons. The van der Waals surface area contributed by atoms with Gasteiger partial charge in [0.1, 0.15) is 27.9 Å². The highest BCUT2D eigenvalue weighted by Crippen LogP contribution is 2.24. The molecule has 0 unspecified atom stereocenters. The Morgan fingerprint density at radius 3 is 2.73 bits per heavy atom. The number of Topliss-reactive ketones (excluding diaryl/α,β-unsaturated/α-hetero) is 1. The molecule has 0 N–H and O–H groups in total. The number of halogens is 3. The number of pyridine rings is 1. The van der Waals surface area contributed by atoms with Crippen molar-refractivity contribution in [3.63, 3.8) is 0 Å². The largest absolute Gasteiger partial charge is 0.394 e. The van der Waals surface area contributed by atoms with Crippen LogP contribution in [0.3, 0.4) is 0 Å². The number of hydrogen-bond acceptors (Lipinski definition) is 7. The minimum Gasteiger partial charge on any atom is -0.394 e. The van der Waals surface area contributed by atoms with E-state index in [1.165, 1.54) is 6.26 Å². The van der Waals surface area contributed by atoms with Gasteiger partial charge in [0.15, 0.2) is 0 Å². The molecule has 1 aromatic carbocycles. The van der Waals surface area contributed by atoms with E-state index in [2.05, 4.69) is 10.1 Å². The van der Waals surface area contributed by atoms with Gasteiger partial charge < -0.3 is 9.74 Å². The molecule has 3 rings (SSSR count). The summed E-state index contributed by atoms with van der Waals surface area (Å²) >= 11 is 0. The zero-order valence-electron chi connectivity index (χ0n) is 20.6. The number of imidazole rings is 1. The zero-order chi connectivity index (χ0) is 27.1. The number of carbonyl (C=O) groups excluding carboxylic acids is 1. The molecule has 0 aliphatic carbocycles. The highest BCUT2D eigenvalue weighted by Gasteiger charge is 2.27. The van der Waals surface area contributed by atoms with Gasteiger partial charge in [0, 0.05) is 49.5 Å². The van der Waals surface area contributed by atoms with Crippen molar-refractivity contribution in [2.45, 2.75) is 25.4 Å². The summed E-state index contributed by atoms with van der Waals surface area (Å²) < 4.78 is 61.4. The summed E-state index contributed by atoms with van der Waals surface area (Å²) in [5.41, 5.74) is 3.63. The van der Waals surface area contributed by atoms with Crippen molar-refractivity contribution in [1.82, 2.24) is 14.3 Å². The summed E-state index contributed by atoms with van der Waals surface area (Å²) in [6.45, 7) is 1.26. The number of hydrogen-bond donors (Lipinski definition) is 0. The molecule has 3 aromatic rings. The van der Waals surface area contributed by atoms with Gasteiger partial charge in [-0.25, -0.2) is 13.4 Å². The van der Waals surface area contributed by atoms with Crippen LogP contribution in [0.4, 0.5) is 13.2 Å². The van der Waals surface area contributed by atoms with Crippen LogP contribution in [0.5, 0.6) is 0 Å². The van der Waals surface area contributed by atoms with Gasteiger partial charge in [-0.05, 0) is 30.8 Å². The van der Waals surface area contributed by atoms with Crippen LogP contribution in [0.25, 0.3) is 16.9 Å². The highest BCUT2D eigenvalue weighted by molar-refractivity contribution is 7.90. The van der Waals surface area contributed by atoms with E-state index < -0.39 is 34.6 Å². The monoisotopic (exact) mass is 538 g/mol. The topological polar surface area (TPSA) is 93.3 Å². The zero-order valence-corrected chi connectivity index (χ0v) is 21.4. The van der Waals surface area contributed by atoms with Gasteiger partial charge in [-0.15, -0.1) is 0 Å². The second-order valence-corrected chi connectivity index (χ2v) is 11.1. The van der Waals surface area contributed by atoms with Gasteiger partial charge >= 0.3 is 6.18 Å². The van der Waals surface area contributed by atoms with Crippen molar-refractivity contribution in [2.75, 3.05) is 38.8 Å². The molecule has 2 heterocycles. The molecule has 0 aliphatic heterocycles. The second-order valence-electron chi connectivity index (χ2n) is 8.86. The quantitative estimate of drug-likeness (QED) is 0.187. The number of likely N-dealkylation sites (N-methyl/N-ethyl adjacent to an activating group) is 1. The minimum absolute atomic E-state index is 0.0608. The molecule has 0 saturated carbocycles. The summed E-state index contributed by atoms with van der Waals surface area (Å²) in [4.78, 5) is 23.5. The molecule has 0 aliphatic rings. The smallest absolute Gasteiger partial charge is 0.389 e. The average Bonchev–Trinajstić information content (AvgIpc) is 3.24. The number of ketones is 1. The summed E-state index contributed by atoms with van der Waals surface area (Å²) in [5, 5.41) is 3.95. The number of nitrogens with zero attached hydrogens (tertiary/aromatic N) is 4. The molecule has 0 saturated heterocycles. The lowest BCUT2D eigenvalue weighted by atomic mass is 10.0. The second kappa shape index (κ2) is 12.3. The predicted octanol–water partition coefficient (Wildman–Crippen LogP) is 3.78. The number of fused-ring (bicyclic) bond motifs is 1. The maximum Gasteiger partial charge on any atom is 0.389 e. The summed E-state index contributed by atoms with van der Waals surface area (Å²) in [7, 11) is -1.20. The minimum atomic E-state index is -4.35. The molecule has 0 amide bonds. The Labute approximate surface area is 213 Å². The number of alkyl halides is 3. The van der Waals surface area contributed by atoms with Crippen LogP contribution >= 0.6 is 0 Å². The molecule has 12 heteroatoms. The van der Waals surface area contributed by atoms with Crippen molar-refractivity contribution in [3.05, 3.63) is 59.9 Å². The van der Waals surface area contributed by atoms with Crippen LogP contribution in [0.2, 0.25) is 0 Å². The maximum absolute atomic E-state index is 12.4. The Hall–Kier alpha value is -3.25. The third-order valence-corrected chi connectivity index (χ3v) is 6.46. The van der Waals surface area contributed by atoms with Gasteiger partial charge in [0.2, 0.25) is 0 Å². The predicted molar refractivity (Wildman–Crippen MR) is 135 cm³/mol. The first-order valence-corrected chi connectivity index (χ1v) is 13.6. The van der Waals surface area contributed by atoms with Gasteiger partial charge in [-0.1, -0.05) is 23.4 Å². The van der Waals surface area contributed by atoms with Crippen LogP contribution in [-0.4, -0.2) is 79.6 Å². The summed E-state index contributed by atoms with van der Waals surface area (Å²) in [6, 6.07) is 10.8. The Bertz CT molecular complexity index is 1350. The van der Waals surface area contributed by atoms with E-state index in [1.54, 1.807) is 30.6 Å². The standard InChI is InChI=1S/C25H29F3N4O4S/c1-31(11-13-37(2,34)35)10-12-36-30-17-20-7-9-32-23(18-29-24(32)16-20)21-5-3-4-19(14-21)15-22(33)6-8-25(26,27)28/h3-5,7,9,14,16-18H,6,8,10-13,15H2,1-2H3/b30-17-. The number of rotatable bonds is 13. The molecule has 0 bridgehead atoms. The van der Waals surface area contributed by atoms with Crippen LogP contribution in [0.15, 0.2) is 53.9 Å². The molecule has 0 fully saturated rings. The third-order valence-electron chi connectivity index (χ3n) is 5.53. The van der Waals surface area contributed by atoms with Gasteiger partial charge in [-0.2, -0.15) is 13.2 Å².